The Morgan fingerprint density at radius 3 is 2.18 bits per heavy atom. The Bertz CT molecular complexity index is 311. The predicted molar refractivity (Wildman–Crippen MR) is 71.5 cm³/mol. The van der Waals surface area contributed by atoms with Gasteiger partial charge in [0.15, 0.2) is 8.38 Å². The molecule has 0 saturated heterocycles. The summed E-state index contributed by atoms with van der Waals surface area (Å²) in [5.41, 5.74) is 1.15. The van der Waals surface area contributed by atoms with Gasteiger partial charge in [0.2, 0.25) is 0 Å². The summed E-state index contributed by atoms with van der Waals surface area (Å²) >= 11 is 0. The number of hydrogen-bond acceptors (Lipinski definition) is 3. The molecule has 0 aliphatic rings. The summed E-state index contributed by atoms with van der Waals surface area (Å²) in [5, 5.41) is 0. The standard InChI is InChI=1S/C13H21O3P/c1-4-14-13-10-8-7-9-12(13)11-17(15-5-2)16-6-3/h7-10H,4-6,11H2,1-3H3. The fourth-order valence-corrected chi connectivity index (χ4v) is 2.86. The van der Waals surface area contributed by atoms with E-state index >= 15 is 0 Å². The summed E-state index contributed by atoms with van der Waals surface area (Å²) in [5.74, 6) is 0.932. The number of para-hydroxylation sites is 1. The minimum Gasteiger partial charge on any atom is -0.494 e. The Morgan fingerprint density at radius 1 is 0.941 bits per heavy atom. The van der Waals surface area contributed by atoms with Gasteiger partial charge in [0.05, 0.1) is 19.8 Å². The van der Waals surface area contributed by atoms with Crippen LogP contribution < -0.4 is 4.74 Å². The summed E-state index contributed by atoms with van der Waals surface area (Å²) in [6.45, 7) is 8.01. The molecule has 0 radical (unpaired) electrons. The van der Waals surface area contributed by atoms with E-state index in [1.807, 2.05) is 39.0 Å². The van der Waals surface area contributed by atoms with Gasteiger partial charge in [-0.25, -0.2) is 0 Å². The highest BCUT2D eigenvalue weighted by molar-refractivity contribution is 7.46. The van der Waals surface area contributed by atoms with Crippen molar-refractivity contribution in [3.8, 4) is 5.75 Å². The lowest BCUT2D eigenvalue weighted by atomic mass is 10.2. The van der Waals surface area contributed by atoms with Crippen molar-refractivity contribution in [3.63, 3.8) is 0 Å². The largest absolute Gasteiger partial charge is 0.494 e. The quantitative estimate of drug-likeness (QED) is 0.659. The average Bonchev–Trinajstić information content (AvgIpc) is 2.33. The second kappa shape index (κ2) is 8.46. The Kier molecular flexibility index (Phi) is 7.18. The van der Waals surface area contributed by atoms with Crippen LogP contribution in [0.2, 0.25) is 0 Å². The van der Waals surface area contributed by atoms with E-state index in [9.17, 15) is 0 Å². The Morgan fingerprint density at radius 2 is 1.59 bits per heavy atom. The molecule has 1 rings (SSSR count). The first-order valence-electron chi connectivity index (χ1n) is 6.05. The molecule has 0 aliphatic heterocycles. The molecule has 3 nitrogen and oxygen atoms in total. The van der Waals surface area contributed by atoms with Crippen LogP contribution in [-0.4, -0.2) is 19.8 Å². The minimum atomic E-state index is -0.844. The second-order valence-corrected chi connectivity index (χ2v) is 4.87. The molecule has 0 aliphatic carbocycles. The van der Waals surface area contributed by atoms with Crippen molar-refractivity contribution in [2.75, 3.05) is 19.8 Å². The van der Waals surface area contributed by atoms with Crippen LogP contribution in [0.1, 0.15) is 26.3 Å². The smallest absolute Gasteiger partial charge is 0.175 e. The third kappa shape index (κ3) is 5.03. The van der Waals surface area contributed by atoms with Crippen LogP contribution in [0.5, 0.6) is 5.75 Å². The summed E-state index contributed by atoms with van der Waals surface area (Å²) in [6, 6.07) is 8.06. The predicted octanol–water partition coefficient (Wildman–Crippen LogP) is 3.97. The molecule has 0 atom stereocenters. The van der Waals surface area contributed by atoms with E-state index in [0.29, 0.717) is 19.8 Å². The third-order valence-corrected chi connectivity index (χ3v) is 3.81. The van der Waals surface area contributed by atoms with E-state index in [1.165, 1.54) is 0 Å². The fourth-order valence-electron chi connectivity index (χ4n) is 1.49. The first-order chi connectivity index (χ1) is 8.31. The van der Waals surface area contributed by atoms with E-state index in [2.05, 4.69) is 6.07 Å². The molecule has 0 fully saturated rings. The number of hydrogen-bond donors (Lipinski definition) is 0. The second-order valence-electron chi connectivity index (χ2n) is 3.37. The summed E-state index contributed by atoms with van der Waals surface area (Å²) in [7, 11) is -0.844. The highest BCUT2D eigenvalue weighted by atomic mass is 31.2. The van der Waals surface area contributed by atoms with Crippen LogP contribution >= 0.6 is 8.38 Å². The van der Waals surface area contributed by atoms with Gasteiger partial charge in [0.25, 0.3) is 0 Å². The summed E-state index contributed by atoms with van der Waals surface area (Å²) in [4.78, 5) is 0. The van der Waals surface area contributed by atoms with Crippen molar-refractivity contribution in [2.24, 2.45) is 0 Å². The number of benzene rings is 1. The molecule has 0 N–H and O–H groups in total. The highest BCUT2D eigenvalue weighted by Crippen LogP contribution is 2.43. The lowest BCUT2D eigenvalue weighted by Gasteiger charge is -2.17. The van der Waals surface area contributed by atoms with E-state index in [4.69, 9.17) is 13.8 Å². The van der Waals surface area contributed by atoms with Gasteiger partial charge in [-0.2, -0.15) is 0 Å². The Labute approximate surface area is 105 Å². The van der Waals surface area contributed by atoms with Crippen molar-refractivity contribution < 1.29 is 13.8 Å². The minimum absolute atomic E-state index is 0.679. The van der Waals surface area contributed by atoms with Crippen LogP contribution in [0.4, 0.5) is 0 Å². The topological polar surface area (TPSA) is 27.7 Å². The number of rotatable bonds is 8. The van der Waals surface area contributed by atoms with Gasteiger partial charge < -0.3 is 13.8 Å². The molecular formula is C13H21O3P. The molecule has 17 heavy (non-hydrogen) atoms. The molecule has 96 valence electrons. The zero-order chi connectivity index (χ0) is 12.5. The van der Waals surface area contributed by atoms with E-state index in [1.54, 1.807) is 0 Å². The van der Waals surface area contributed by atoms with Crippen molar-refractivity contribution in [1.82, 2.24) is 0 Å². The first kappa shape index (κ1) is 14.4. The SMILES string of the molecule is CCOc1ccccc1CP(OCC)OCC. The zero-order valence-electron chi connectivity index (χ0n) is 10.8. The molecule has 0 spiro atoms. The van der Waals surface area contributed by atoms with Gasteiger partial charge in [-0.3, -0.25) is 0 Å². The Balaban J connectivity index is 2.69. The summed E-state index contributed by atoms with van der Waals surface area (Å²) in [6.07, 6.45) is 0.785. The lowest BCUT2D eigenvalue weighted by molar-refractivity contribution is 0.267. The zero-order valence-corrected chi connectivity index (χ0v) is 11.7. The van der Waals surface area contributed by atoms with Crippen molar-refractivity contribution in [3.05, 3.63) is 29.8 Å². The lowest BCUT2D eigenvalue weighted by Crippen LogP contribution is -1.99. The normalized spacial score (nSPS) is 10.8. The van der Waals surface area contributed by atoms with E-state index < -0.39 is 8.38 Å². The van der Waals surface area contributed by atoms with E-state index in [-0.39, 0.29) is 0 Å². The van der Waals surface area contributed by atoms with Crippen LogP contribution in [0.25, 0.3) is 0 Å². The number of ether oxygens (including phenoxy) is 1. The van der Waals surface area contributed by atoms with Crippen LogP contribution in [-0.2, 0) is 15.2 Å². The van der Waals surface area contributed by atoms with Gasteiger partial charge >= 0.3 is 0 Å². The fraction of sp³-hybridized carbons (Fsp3) is 0.538. The van der Waals surface area contributed by atoms with Crippen LogP contribution in [0.3, 0.4) is 0 Å². The monoisotopic (exact) mass is 256 g/mol. The average molecular weight is 256 g/mol. The van der Waals surface area contributed by atoms with Gasteiger partial charge in [0.1, 0.15) is 5.75 Å². The van der Waals surface area contributed by atoms with Crippen molar-refractivity contribution >= 4 is 8.38 Å². The van der Waals surface area contributed by atoms with E-state index in [0.717, 1.165) is 17.5 Å². The maximum atomic E-state index is 5.61. The molecule has 4 heteroatoms. The van der Waals surface area contributed by atoms with Gasteiger partial charge in [-0.15, -0.1) is 0 Å². The third-order valence-electron chi connectivity index (χ3n) is 2.12. The molecule has 0 amide bonds. The van der Waals surface area contributed by atoms with Crippen molar-refractivity contribution in [2.45, 2.75) is 26.9 Å². The first-order valence-corrected chi connectivity index (χ1v) is 7.42. The molecule has 0 bridgehead atoms. The molecule has 0 unspecified atom stereocenters. The van der Waals surface area contributed by atoms with Gasteiger partial charge in [0, 0.05) is 11.7 Å². The van der Waals surface area contributed by atoms with Gasteiger partial charge in [-0.1, -0.05) is 18.2 Å². The van der Waals surface area contributed by atoms with Crippen LogP contribution in [0, 0.1) is 0 Å². The van der Waals surface area contributed by atoms with Crippen molar-refractivity contribution in [1.29, 1.82) is 0 Å². The highest BCUT2D eigenvalue weighted by Gasteiger charge is 2.13. The maximum Gasteiger partial charge on any atom is 0.175 e. The molecule has 1 aromatic carbocycles. The maximum absolute atomic E-state index is 5.61. The van der Waals surface area contributed by atoms with Gasteiger partial charge in [-0.05, 0) is 26.8 Å². The molecule has 0 aromatic heterocycles. The summed E-state index contributed by atoms with van der Waals surface area (Å²) < 4.78 is 16.8. The Hall–Kier alpha value is -0.630. The molecular weight excluding hydrogens is 235 g/mol. The molecule has 0 heterocycles. The molecule has 0 saturated carbocycles. The van der Waals surface area contributed by atoms with Crippen LogP contribution in [0.15, 0.2) is 24.3 Å². The molecule has 1 aromatic rings.